The Bertz CT molecular complexity index is 422. The number of hydrogen-bond acceptors (Lipinski definition) is 4. The minimum absolute atomic E-state index is 0.222. The molecule has 1 heterocycles. The molecule has 1 aromatic rings. The van der Waals surface area contributed by atoms with Gasteiger partial charge in [-0.05, 0) is 31.6 Å². The van der Waals surface area contributed by atoms with Gasteiger partial charge in [0, 0.05) is 18.0 Å². The van der Waals surface area contributed by atoms with E-state index in [1.807, 2.05) is 0 Å². The van der Waals surface area contributed by atoms with Crippen molar-refractivity contribution in [2.24, 2.45) is 5.41 Å². The van der Waals surface area contributed by atoms with Crippen molar-refractivity contribution in [1.29, 1.82) is 0 Å². The molecule has 18 heavy (non-hydrogen) atoms. The maximum Gasteiger partial charge on any atom is 0.185 e. The minimum atomic E-state index is -0.350. The Hall–Kier alpha value is -0.610. The topological polar surface area (TPSA) is 36.4 Å². The Labute approximate surface area is 114 Å². The zero-order valence-electron chi connectivity index (χ0n) is 12.0. The number of anilines is 1. The molecular weight excluding hydrogens is 244 g/mol. The van der Waals surface area contributed by atoms with Crippen LogP contribution in [0, 0.1) is 5.41 Å². The van der Waals surface area contributed by atoms with Crippen LogP contribution in [0.3, 0.4) is 0 Å². The molecule has 4 heteroatoms. The molecule has 0 aliphatic heterocycles. The second-order valence-electron chi connectivity index (χ2n) is 6.37. The monoisotopic (exact) mass is 268 g/mol. The first-order chi connectivity index (χ1) is 8.30. The summed E-state index contributed by atoms with van der Waals surface area (Å²) in [6.07, 6.45) is 2.65. The van der Waals surface area contributed by atoms with Crippen molar-refractivity contribution in [3.05, 3.63) is 10.6 Å². The number of aliphatic hydroxyl groups excluding tert-OH is 1. The smallest absolute Gasteiger partial charge is 0.185 e. The van der Waals surface area contributed by atoms with E-state index in [0.29, 0.717) is 6.04 Å². The Balaban J connectivity index is 2.24. The highest BCUT2D eigenvalue weighted by atomic mass is 32.1. The van der Waals surface area contributed by atoms with Gasteiger partial charge in [-0.3, -0.25) is 0 Å². The van der Waals surface area contributed by atoms with E-state index in [4.69, 9.17) is 0 Å². The van der Waals surface area contributed by atoms with Gasteiger partial charge in [0.25, 0.3) is 0 Å². The molecular formula is C14H24N2OS. The molecule has 2 atom stereocenters. The Morgan fingerprint density at radius 3 is 2.67 bits per heavy atom. The normalized spacial score (nSPS) is 21.6. The number of thiazole rings is 1. The maximum absolute atomic E-state index is 9.98. The van der Waals surface area contributed by atoms with Gasteiger partial charge in [0.05, 0.1) is 11.8 Å². The van der Waals surface area contributed by atoms with Crippen LogP contribution in [0.5, 0.6) is 0 Å². The highest BCUT2D eigenvalue weighted by Gasteiger charge is 2.28. The third-order valence-corrected chi connectivity index (χ3v) is 5.27. The summed E-state index contributed by atoms with van der Waals surface area (Å²) < 4.78 is 0. The Kier molecular flexibility index (Phi) is 3.70. The van der Waals surface area contributed by atoms with Gasteiger partial charge in [0.15, 0.2) is 5.13 Å². The average Bonchev–Trinajstić information content (AvgIpc) is 2.71. The van der Waals surface area contributed by atoms with E-state index in [1.54, 1.807) is 11.3 Å². The lowest BCUT2D eigenvalue weighted by Gasteiger charge is -2.35. The molecule has 1 aliphatic rings. The highest BCUT2D eigenvalue weighted by molar-refractivity contribution is 7.15. The van der Waals surface area contributed by atoms with Crippen LogP contribution in [-0.2, 0) is 6.42 Å². The van der Waals surface area contributed by atoms with Gasteiger partial charge in [0.1, 0.15) is 0 Å². The SMILES string of the molecule is CC(N(C)c1nc2c(s1)CCCC2O)C(C)(C)C. The van der Waals surface area contributed by atoms with Crippen molar-refractivity contribution in [3.8, 4) is 0 Å². The lowest BCUT2D eigenvalue weighted by molar-refractivity contribution is 0.153. The van der Waals surface area contributed by atoms with Crippen molar-refractivity contribution in [2.45, 2.75) is 59.1 Å². The third-order valence-electron chi connectivity index (χ3n) is 4.05. The molecule has 0 radical (unpaired) electrons. The highest BCUT2D eigenvalue weighted by Crippen LogP contribution is 2.38. The largest absolute Gasteiger partial charge is 0.387 e. The number of nitrogens with zero attached hydrogens (tertiary/aromatic N) is 2. The van der Waals surface area contributed by atoms with Gasteiger partial charge in [-0.25, -0.2) is 4.98 Å². The summed E-state index contributed by atoms with van der Waals surface area (Å²) in [6, 6.07) is 0.419. The first-order valence-corrected chi connectivity index (χ1v) is 7.53. The lowest BCUT2D eigenvalue weighted by Crippen LogP contribution is -2.39. The number of fused-ring (bicyclic) bond motifs is 1. The second kappa shape index (κ2) is 4.82. The van der Waals surface area contributed by atoms with Gasteiger partial charge in [-0.1, -0.05) is 20.8 Å². The molecule has 0 aromatic carbocycles. The summed E-state index contributed by atoms with van der Waals surface area (Å²) in [4.78, 5) is 8.18. The van der Waals surface area contributed by atoms with E-state index in [-0.39, 0.29) is 11.5 Å². The molecule has 102 valence electrons. The van der Waals surface area contributed by atoms with Crippen LogP contribution in [0.15, 0.2) is 0 Å². The van der Waals surface area contributed by atoms with E-state index < -0.39 is 0 Å². The third kappa shape index (κ3) is 2.54. The van der Waals surface area contributed by atoms with Crippen molar-refractivity contribution in [2.75, 3.05) is 11.9 Å². The Morgan fingerprint density at radius 1 is 1.44 bits per heavy atom. The van der Waals surface area contributed by atoms with E-state index >= 15 is 0 Å². The molecule has 1 N–H and O–H groups in total. The zero-order chi connectivity index (χ0) is 13.5. The number of hydrogen-bond donors (Lipinski definition) is 1. The van der Waals surface area contributed by atoms with Crippen LogP contribution in [0.2, 0.25) is 0 Å². The number of aliphatic hydroxyl groups is 1. The molecule has 0 saturated heterocycles. The summed E-state index contributed by atoms with van der Waals surface area (Å²) in [5.41, 5.74) is 1.15. The van der Waals surface area contributed by atoms with Crippen LogP contribution in [0.4, 0.5) is 5.13 Å². The van der Waals surface area contributed by atoms with Crippen molar-refractivity contribution in [3.63, 3.8) is 0 Å². The van der Waals surface area contributed by atoms with Gasteiger partial charge in [0.2, 0.25) is 0 Å². The number of aromatic nitrogens is 1. The number of rotatable bonds is 2. The maximum atomic E-state index is 9.98. The summed E-state index contributed by atoms with van der Waals surface area (Å²) in [7, 11) is 2.10. The molecule has 1 aromatic heterocycles. The molecule has 3 nitrogen and oxygen atoms in total. The summed E-state index contributed by atoms with van der Waals surface area (Å²) in [5.74, 6) is 0. The van der Waals surface area contributed by atoms with Crippen LogP contribution < -0.4 is 4.90 Å². The molecule has 0 amide bonds. The predicted octanol–water partition coefficient (Wildman–Crippen LogP) is 3.38. The van der Waals surface area contributed by atoms with Crippen LogP contribution in [-0.4, -0.2) is 23.2 Å². The fraction of sp³-hybridized carbons (Fsp3) is 0.786. The van der Waals surface area contributed by atoms with Crippen molar-refractivity contribution >= 4 is 16.5 Å². The predicted molar refractivity (Wildman–Crippen MR) is 77.3 cm³/mol. The summed E-state index contributed by atoms with van der Waals surface area (Å²) >= 11 is 1.75. The van der Waals surface area contributed by atoms with Crippen LogP contribution in [0.1, 0.15) is 57.2 Å². The van der Waals surface area contributed by atoms with E-state index in [0.717, 1.165) is 30.1 Å². The van der Waals surface area contributed by atoms with E-state index in [1.165, 1.54) is 4.88 Å². The van der Waals surface area contributed by atoms with Crippen LogP contribution >= 0.6 is 11.3 Å². The molecule has 2 rings (SSSR count). The zero-order valence-corrected chi connectivity index (χ0v) is 12.8. The van der Waals surface area contributed by atoms with Crippen molar-refractivity contribution in [1.82, 2.24) is 4.98 Å². The van der Waals surface area contributed by atoms with E-state index in [9.17, 15) is 5.11 Å². The standard InChI is InChI=1S/C14H24N2OS/c1-9(14(2,3)4)16(5)13-15-12-10(17)7-6-8-11(12)18-13/h9-10,17H,6-8H2,1-5H3. The van der Waals surface area contributed by atoms with Gasteiger partial charge in [-0.2, -0.15) is 0 Å². The fourth-order valence-corrected chi connectivity index (χ4v) is 3.48. The first-order valence-electron chi connectivity index (χ1n) is 6.71. The van der Waals surface area contributed by atoms with Gasteiger partial charge < -0.3 is 10.0 Å². The average molecular weight is 268 g/mol. The number of aryl methyl sites for hydroxylation is 1. The van der Waals surface area contributed by atoms with E-state index in [2.05, 4.69) is 44.6 Å². The van der Waals surface area contributed by atoms with Crippen LogP contribution in [0.25, 0.3) is 0 Å². The lowest BCUT2D eigenvalue weighted by atomic mass is 9.87. The minimum Gasteiger partial charge on any atom is -0.387 e. The van der Waals surface area contributed by atoms with Gasteiger partial charge in [-0.15, -0.1) is 11.3 Å². The summed E-state index contributed by atoms with van der Waals surface area (Å²) in [5, 5.41) is 11.0. The quantitative estimate of drug-likeness (QED) is 0.893. The van der Waals surface area contributed by atoms with Crippen molar-refractivity contribution < 1.29 is 5.11 Å². The molecule has 0 spiro atoms. The molecule has 0 saturated carbocycles. The summed E-state index contributed by atoms with van der Waals surface area (Å²) in [6.45, 7) is 8.97. The molecule has 2 unspecified atom stereocenters. The Morgan fingerprint density at radius 2 is 2.11 bits per heavy atom. The second-order valence-corrected chi connectivity index (χ2v) is 7.43. The van der Waals surface area contributed by atoms with Gasteiger partial charge >= 0.3 is 0 Å². The molecule has 0 bridgehead atoms. The molecule has 0 fully saturated rings. The fourth-order valence-electron chi connectivity index (χ4n) is 2.28. The molecule has 1 aliphatic carbocycles. The first kappa shape index (κ1) is 13.8.